The lowest BCUT2D eigenvalue weighted by molar-refractivity contribution is -0.129. The number of alkyl carbamates (subject to hydrolysis) is 1. The molecule has 0 atom stereocenters. The molecule has 136 valence electrons. The summed E-state index contributed by atoms with van der Waals surface area (Å²) in [7, 11) is 1.19. The number of alkyl halides is 3. The minimum atomic E-state index is -4.18. The molecule has 2 N–H and O–H groups in total. The number of anilines is 1. The van der Waals surface area contributed by atoms with Crippen LogP contribution in [-0.4, -0.2) is 42.6 Å². The second-order valence-corrected chi connectivity index (χ2v) is 7.14. The molecule has 0 aliphatic rings. The van der Waals surface area contributed by atoms with Gasteiger partial charge in [-0.3, -0.25) is 4.79 Å². The van der Waals surface area contributed by atoms with Crippen molar-refractivity contribution in [3.05, 3.63) is 18.2 Å². The summed E-state index contributed by atoms with van der Waals surface area (Å²) in [5.41, 5.74) is 1.14. The quantitative estimate of drug-likeness (QED) is 0.733. The highest BCUT2D eigenvalue weighted by molar-refractivity contribution is 8.01. The third-order valence-corrected chi connectivity index (χ3v) is 5.01. The van der Waals surface area contributed by atoms with Crippen LogP contribution in [0.3, 0.4) is 0 Å². The number of nitrogens with one attached hydrogen (secondary N) is 2. The van der Waals surface area contributed by atoms with Crippen molar-refractivity contribution < 1.29 is 27.5 Å². The van der Waals surface area contributed by atoms with Crippen molar-refractivity contribution in [3.63, 3.8) is 0 Å². The zero-order valence-corrected chi connectivity index (χ0v) is 14.6. The van der Waals surface area contributed by atoms with Gasteiger partial charge >= 0.3 is 12.3 Å². The third-order valence-electron chi connectivity index (χ3n) is 2.84. The summed E-state index contributed by atoms with van der Waals surface area (Å²) in [4.78, 5) is 26.9. The van der Waals surface area contributed by atoms with Crippen LogP contribution in [0.2, 0.25) is 0 Å². The first kappa shape index (κ1) is 19.3. The Morgan fingerprint density at radius 2 is 2.12 bits per heavy atom. The number of rotatable bonds is 6. The van der Waals surface area contributed by atoms with E-state index >= 15 is 0 Å². The molecule has 1 aromatic heterocycles. The van der Waals surface area contributed by atoms with Gasteiger partial charge in [0.15, 0.2) is 4.34 Å². The first-order valence-corrected chi connectivity index (χ1v) is 8.79. The first-order valence-electron chi connectivity index (χ1n) is 6.98. The number of methoxy groups -OCH3 is 1. The highest BCUT2D eigenvalue weighted by atomic mass is 32.2. The Bertz CT molecular complexity index is 765. The molecule has 11 heteroatoms. The van der Waals surface area contributed by atoms with Gasteiger partial charge in [0.25, 0.3) is 0 Å². The van der Waals surface area contributed by atoms with Gasteiger partial charge in [0, 0.05) is 11.4 Å². The summed E-state index contributed by atoms with van der Waals surface area (Å²) in [6, 6.07) is 4.97. The molecule has 2 amide bonds. The number of amides is 2. The van der Waals surface area contributed by atoms with Crippen LogP contribution in [-0.2, 0) is 9.53 Å². The summed E-state index contributed by atoms with van der Waals surface area (Å²) in [6.07, 6.45) is -5.77. The monoisotopic (exact) mass is 393 g/mol. The molecule has 0 radical (unpaired) electrons. The zero-order chi connectivity index (χ0) is 18.4. The molecule has 0 bridgehead atoms. The van der Waals surface area contributed by atoms with Crippen molar-refractivity contribution in [1.82, 2.24) is 10.3 Å². The summed E-state index contributed by atoms with van der Waals surface area (Å²) >= 11 is 2.30. The van der Waals surface area contributed by atoms with E-state index < -0.39 is 24.6 Å². The van der Waals surface area contributed by atoms with Gasteiger partial charge in [-0.2, -0.15) is 13.2 Å². The van der Waals surface area contributed by atoms with Gasteiger partial charge in [-0.25, -0.2) is 9.78 Å². The van der Waals surface area contributed by atoms with Crippen LogP contribution >= 0.6 is 23.1 Å². The number of halogens is 3. The second kappa shape index (κ2) is 8.39. The molecule has 0 saturated carbocycles. The van der Waals surface area contributed by atoms with Crippen molar-refractivity contribution in [1.29, 1.82) is 0 Å². The summed E-state index contributed by atoms with van der Waals surface area (Å²) < 4.78 is 42.1. The normalized spacial score (nSPS) is 11.4. The van der Waals surface area contributed by atoms with E-state index in [0.717, 1.165) is 16.5 Å². The fourth-order valence-electron chi connectivity index (χ4n) is 1.73. The van der Waals surface area contributed by atoms with E-state index in [4.69, 9.17) is 0 Å². The van der Waals surface area contributed by atoms with E-state index in [9.17, 15) is 22.8 Å². The van der Waals surface area contributed by atoms with Crippen LogP contribution in [0.15, 0.2) is 22.5 Å². The Hall–Kier alpha value is -2.01. The number of ether oxygens (including phenoxy) is 1. The maximum Gasteiger partial charge on any atom is 0.407 e. The number of hydrogen-bond acceptors (Lipinski definition) is 6. The Balaban J connectivity index is 1.95. The van der Waals surface area contributed by atoms with Crippen LogP contribution in [0.5, 0.6) is 0 Å². The number of fused-ring (bicyclic) bond motifs is 1. The van der Waals surface area contributed by atoms with Crippen LogP contribution in [0.1, 0.15) is 6.42 Å². The number of nitrogens with zero attached hydrogens (tertiary/aromatic N) is 1. The van der Waals surface area contributed by atoms with Crippen LogP contribution in [0.25, 0.3) is 10.2 Å². The van der Waals surface area contributed by atoms with E-state index in [-0.39, 0.29) is 12.3 Å². The molecule has 6 nitrogen and oxygen atoms in total. The Labute approximate surface area is 149 Å². The highest BCUT2D eigenvalue weighted by Gasteiger charge is 2.26. The molecule has 1 aromatic carbocycles. The maximum atomic E-state index is 12.2. The largest absolute Gasteiger partial charge is 0.453 e. The van der Waals surface area contributed by atoms with E-state index in [2.05, 4.69) is 20.4 Å². The van der Waals surface area contributed by atoms with Crippen LogP contribution in [0, 0.1) is 0 Å². The number of carbonyl (C=O) groups excluding carboxylic acids is 2. The predicted molar refractivity (Wildman–Crippen MR) is 90.1 cm³/mol. The van der Waals surface area contributed by atoms with E-state index in [0.29, 0.717) is 15.5 Å². The van der Waals surface area contributed by atoms with Gasteiger partial charge in [-0.1, -0.05) is 11.8 Å². The second-order valence-electron chi connectivity index (χ2n) is 4.77. The summed E-state index contributed by atoms with van der Waals surface area (Å²) in [5, 5.41) is 4.85. The van der Waals surface area contributed by atoms with Crippen LogP contribution in [0.4, 0.5) is 23.7 Å². The number of hydrogen-bond donors (Lipinski definition) is 2. The molecular formula is C14H14F3N3O3S2. The topological polar surface area (TPSA) is 80.3 Å². The number of benzene rings is 1. The molecule has 0 aliphatic heterocycles. The van der Waals surface area contributed by atoms with Gasteiger partial charge in [0.1, 0.15) is 6.54 Å². The highest BCUT2D eigenvalue weighted by Crippen LogP contribution is 2.33. The minimum Gasteiger partial charge on any atom is -0.453 e. The molecule has 2 aromatic rings. The fraction of sp³-hybridized carbons (Fsp3) is 0.357. The number of carbonyl (C=O) groups is 2. The average Bonchev–Trinajstić information content (AvgIpc) is 2.93. The van der Waals surface area contributed by atoms with Crippen molar-refractivity contribution in [2.75, 3.05) is 24.7 Å². The lowest BCUT2D eigenvalue weighted by Gasteiger charge is -2.05. The molecule has 0 saturated heterocycles. The van der Waals surface area contributed by atoms with E-state index in [1.807, 2.05) is 0 Å². The average molecular weight is 393 g/mol. The minimum absolute atomic E-state index is 0.0912. The van der Waals surface area contributed by atoms with E-state index in [1.165, 1.54) is 18.4 Å². The van der Waals surface area contributed by atoms with Gasteiger partial charge in [0.2, 0.25) is 5.91 Å². The molecule has 25 heavy (non-hydrogen) atoms. The lowest BCUT2D eigenvalue weighted by Crippen LogP contribution is -2.32. The SMILES string of the molecule is COC(=O)NCC(=O)Nc1ccc2nc(SCCC(F)(F)F)sc2c1. The molecule has 0 fully saturated rings. The van der Waals surface area contributed by atoms with Gasteiger partial charge < -0.3 is 15.4 Å². The summed E-state index contributed by atoms with van der Waals surface area (Å²) in [5.74, 6) is -0.527. The Morgan fingerprint density at radius 1 is 1.36 bits per heavy atom. The zero-order valence-electron chi connectivity index (χ0n) is 13.0. The lowest BCUT2D eigenvalue weighted by atomic mass is 10.3. The van der Waals surface area contributed by atoms with Gasteiger partial charge in [-0.15, -0.1) is 11.3 Å². The van der Waals surface area contributed by atoms with E-state index in [1.54, 1.807) is 18.2 Å². The van der Waals surface area contributed by atoms with Crippen molar-refractivity contribution in [2.24, 2.45) is 0 Å². The molecule has 0 aliphatic carbocycles. The van der Waals surface area contributed by atoms with Crippen molar-refractivity contribution in [2.45, 2.75) is 16.9 Å². The predicted octanol–water partition coefficient (Wildman–Crippen LogP) is 3.64. The third kappa shape index (κ3) is 6.42. The molecular weight excluding hydrogens is 379 g/mol. The first-order chi connectivity index (χ1) is 11.8. The molecule has 2 rings (SSSR count). The smallest absolute Gasteiger partial charge is 0.407 e. The Kier molecular flexibility index (Phi) is 6.48. The molecule has 0 spiro atoms. The van der Waals surface area contributed by atoms with Crippen molar-refractivity contribution in [3.8, 4) is 0 Å². The summed E-state index contributed by atoms with van der Waals surface area (Å²) in [6.45, 7) is -0.244. The molecule has 0 unspecified atom stereocenters. The standard InChI is InChI=1S/C14H14F3N3O3S2/c1-23-12(22)18-7-11(21)19-8-2-3-9-10(6-8)25-13(20-9)24-5-4-14(15,16)17/h2-3,6H,4-5,7H2,1H3,(H,18,22)(H,19,21). The molecule has 1 heterocycles. The van der Waals surface area contributed by atoms with Gasteiger partial charge in [0.05, 0.1) is 23.7 Å². The fourth-order valence-corrected chi connectivity index (χ4v) is 3.89. The Morgan fingerprint density at radius 3 is 2.80 bits per heavy atom. The maximum absolute atomic E-state index is 12.2. The van der Waals surface area contributed by atoms with Gasteiger partial charge in [-0.05, 0) is 18.2 Å². The number of thioether (sulfide) groups is 1. The van der Waals surface area contributed by atoms with Crippen LogP contribution < -0.4 is 10.6 Å². The number of aromatic nitrogens is 1. The van der Waals surface area contributed by atoms with Crippen molar-refractivity contribution >= 4 is 51.0 Å². The number of thiazole rings is 1.